The lowest BCUT2D eigenvalue weighted by atomic mass is 9.79. The first kappa shape index (κ1) is 34.3. The van der Waals surface area contributed by atoms with Gasteiger partial charge in [0.2, 0.25) is 0 Å². The molecule has 3 aromatic carbocycles. The van der Waals surface area contributed by atoms with Gasteiger partial charge < -0.3 is 9.53 Å². The van der Waals surface area contributed by atoms with Crippen molar-refractivity contribution in [1.29, 1.82) is 0 Å². The minimum absolute atomic E-state index is 0.0797. The molecule has 0 aliphatic heterocycles. The SMILES string of the molecule is C=C(Cc1ccc2c(c1)C(C)Cc1ccccc1C(=O)C2=CC)c1ccc(C(=O)CC2CCCCC(CC(C)=O)CC2)cc1OCC. The van der Waals surface area contributed by atoms with E-state index in [1.54, 1.807) is 6.92 Å². The molecule has 0 aromatic heterocycles. The van der Waals surface area contributed by atoms with Crippen LogP contribution in [0.3, 0.4) is 0 Å². The van der Waals surface area contributed by atoms with Crippen molar-refractivity contribution in [2.45, 2.75) is 97.8 Å². The first-order chi connectivity index (χ1) is 22.7. The number of carbonyl (C=O) groups is 3. The van der Waals surface area contributed by atoms with Gasteiger partial charge in [-0.05, 0) is 98.1 Å². The molecular formula is C43H50O4. The van der Waals surface area contributed by atoms with Gasteiger partial charge in [0.25, 0.3) is 0 Å². The van der Waals surface area contributed by atoms with Crippen molar-refractivity contribution < 1.29 is 19.1 Å². The average Bonchev–Trinajstić information content (AvgIpc) is 3.04. The molecule has 1 fully saturated rings. The number of benzene rings is 3. The fourth-order valence-corrected chi connectivity index (χ4v) is 7.71. The molecule has 3 aromatic rings. The maximum Gasteiger partial charge on any atom is 0.193 e. The fraction of sp³-hybridized carbons (Fsp3) is 0.419. The summed E-state index contributed by atoms with van der Waals surface area (Å²) in [4.78, 5) is 38.8. The Balaban J connectivity index is 1.33. The van der Waals surface area contributed by atoms with Crippen LogP contribution in [-0.4, -0.2) is 24.0 Å². The highest BCUT2D eigenvalue weighted by molar-refractivity contribution is 6.29. The van der Waals surface area contributed by atoms with Crippen LogP contribution in [0.1, 0.15) is 134 Å². The first-order valence-corrected chi connectivity index (χ1v) is 17.6. The van der Waals surface area contributed by atoms with Gasteiger partial charge in [-0.25, -0.2) is 0 Å². The number of ketones is 3. The van der Waals surface area contributed by atoms with E-state index in [9.17, 15) is 14.4 Å². The van der Waals surface area contributed by atoms with Crippen LogP contribution in [-0.2, 0) is 17.6 Å². The second kappa shape index (κ2) is 15.7. The third-order valence-corrected chi connectivity index (χ3v) is 10.2. The Morgan fingerprint density at radius 3 is 2.34 bits per heavy atom. The van der Waals surface area contributed by atoms with Gasteiger partial charge in [0.05, 0.1) is 6.61 Å². The molecule has 246 valence electrons. The number of allylic oxidation sites excluding steroid dienone is 3. The summed E-state index contributed by atoms with van der Waals surface area (Å²) in [6, 6.07) is 20.2. The molecule has 0 spiro atoms. The van der Waals surface area contributed by atoms with E-state index in [4.69, 9.17) is 4.74 Å². The molecule has 0 heterocycles. The molecule has 0 saturated heterocycles. The van der Waals surface area contributed by atoms with E-state index in [1.807, 2.05) is 56.3 Å². The van der Waals surface area contributed by atoms with Crippen LogP contribution in [0.15, 0.2) is 73.3 Å². The van der Waals surface area contributed by atoms with Crippen LogP contribution in [0.2, 0.25) is 0 Å². The molecule has 47 heavy (non-hydrogen) atoms. The maximum atomic E-state index is 13.6. The molecule has 0 radical (unpaired) electrons. The maximum absolute atomic E-state index is 13.6. The summed E-state index contributed by atoms with van der Waals surface area (Å²) in [5.41, 5.74) is 8.48. The molecule has 3 atom stereocenters. The number of fused-ring (bicyclic) bond motifs is 2. The van der Waals surface area contributed by atoms with Crippen molar-refractivity contribution in [3.63, 3.8) is 0 Å². The van der Waals surface area contributed by atoms with Crippen molar-refractivity contribution >= 4 is 28.5 Å². The van der Waals surface area contributed by atoms with Crippen molar-refractivity contribution in [2.24, 2.45) is 11.8 Å². The van der Waals surface area contributed by atoms with E-state index in [2.05, 4.69) is 37.8 Å². The Morgan fingerprint density at radius 2 is 1.64 bits per heavy atom. The summed E-state index contributed by atoms with van der Waals surface area (Å²) in [5.74, 6) is 2.25. The Hall–Kier alpha value is -4.05. The van der Waals surface area contributed by atoms with Gasteiger partial charge in [-0.3, -0.25) is 9.59 Å². The zero-order valence-corrected chi connectivity index (χ0v) is 28.7. The van der Waals surface area contributed by atoms with Gasteiger partial charge in [0.1, 0.15) is 11.5 Å². The third kappa shape index (κ3) is 8.27. The zero-order valence-electron chi connectivity index (χ0n) is 28.7. The predicted molar refractivity (Wildman–Crippen MR) is 192 cm³/mol. The molecule has 2 aliphatic rings. The normalized spacial score (nSPS) is 20.6. The molecule has 0 N–H and O–H groups in total. The highest BCUT2D eigenvalue weighted by atomic mass is 16.5. The molecule has 4 nitrogen and oxygen atoms in total. The smallest absolute Gasteiger partial charge is 0.193 e. The molecule has 0 bridgehead atoms. The lowest BCUT2D eigenvalue weighted by Crippen LogP contribution is -2.15. The van der Waals surface area contributed by atoms with Gasteiger partial charge in [-0.2, -0.15) is 0 Å². The number of hydrogen-bond acceptors (Lipinski definition) is 4. The summed E-state index contributed by atoms with van der Waals surface area (Å²) < 4.78 is 6.09. The number of carbonyl (C=O) groups excluding carboxylic acids is 3. The van der Waals surface area contributed by atoms with Crippen LogP contribution in [0.25, 0.3) is 11.1 Å². The monoisotopic (exact) mass is 630 g/mol. The van der Waals surface area contributed by atoms with Crippen molar-refractivity contribution in [1.82, 2.24) is 0 Å². The second-order valence-corrected chi connectivity index (χ2v) is 13.8. The van der Waals surface area contributed by atoms with Gasteiger partial charge in [0.15, 0.2) is 11.6 Å². The Bertz CT molecular complexity index is 1670. The van der Waals surface area contributed by atoms with Gasteiger partial charge in [0, 0.05) is 35.1 Å². The third-order valence-electron chi connectivity index (χ3n) is 10.2. The van der Waals surface area contributed by atoms with Crippen molar-refractivity contribution in [3.05, 3.63) is 112 Å². The van der Waals surface area contributed by atoms with Gasteiger partial charge in [-0.15, -0.1) is 0 Å². The zero-order chi connectivity index (χ0) is 33.5. The first-order valence-electron chi connectivity index (χ1n) is 17.6. The fourth-order valence-electron chi connectivity index (χ4n) is 7.71. The minimum atomic E-state index is 0.0797. The van der Waals surface area contributed by atoms with E-state index < -0.39 is 0 Å². The van der Waals surface area contributed by atoms with Crippen LogP contribution in [0.5, 0.6) is 5.75 Å². The molecule has 1 saturated carbocycles. The quantitative estimate of drug-likeness (QED) is 0.165. The molecule has 3 unspecified atom stereocenters. The average molecular weight is 631 g/mol. The molecule has 4 heteroatoms. The van der Waals surface area contributed by atoms with Gasteiger partial charge >= 0.3 is 0 Å². The second-order valence-electron chi connectivity index (χ2n) is 13.8. The topological polar surface area (TPSA) is 60.4 Å². The van der Waals surface area contributed by atoms with Crippen LogP contribution in [0, 0.1) is 11.8 Å². The lowest BCUT2D eigenvalue weighted by molar-refractivity contribution is -0.118. The summed E-state index contributed by atoms with van der Waals surface area (Å²) >= 11 is 0. The summed E-state index contributed by atoms with van der Waals surface area (Å²) in [5, 5.41) is 0. The Labute approximate surface area is 281 Å². The van der Waals surface area contributed by atoms with E-state index in [0.717, 1.165) is 83.9 Å². The Kier molecular flexibility index (Phi) is 11.4. The van der Waals surface area contributed by atoms with Gasteiger partial charge in [-0.1, -0.05) is 99.9 Å². The number of ether oxygens (including phenoxy) is 1. The van der Waals surface area contributed by atoms with Crippen molar-refractivity contribution in [3.8, 4) is 5.75 Å². The number of Topliss-reactive ketones (excluding diaryl/α,β-unsaturated/α-hetero) is 3. The van der Waals surface area contributed by atoms with Crippen LogP contribution in [0.4, 0.5) is 0 Å². The highest BCUT2D eigenvalue weighted by Crippen LogP contribution is 2.37. The molecule has 2 aliphatic carbocycles. The predicted octanol–water partition coefficient (Wildman–Crippen LogP) is 10.4. The van der Waals surface area contributed by atoms with Crippen LogP contribution >= 0.6 is 0 Å². The molecule has 0 amide bonds. The largest absolute Gasteiger partial charge is 0.493 e. The lowest BCUT2D eigenvalue weighted by Gasteiger charge is -2.24. The number of rotatable bonds is 10. The molecular weight excluding hydrogens is 580 g/mol. The van der Waals surface area contributed by atoms with Crippen LogP contribution < -0.4 is 4.74 Å². The van der Waals surface area contributed by atoms with E-state index in [-0.39, 0.29) is 23.3 Å². The van der Waals surface area contributed by atoms with E-state index >= 15 is 0 Å². The molecule has 5 rings (SSSR count). The van der Waals surface area contributed by atoms with Crippen molar-refractivity contribution in [2.75, 3.05) is 6.61 Å². The minimum Gasteiger partial charge on any atom is -0.493 e. The van der Waals surface area contributed by atoms with E-state index in [0.29, 0.717) is 49.0 Å². The van der Waals surface area contributed by atoms with E-state index in [1.165, 1.54) is 5.56 Å². The summed E-state index contributed by atoms with van der Waals surface area (Å²) in [6.45, 7) is 12.8. The summed E-state index contributed by atoms with van der Waals surface area (Å²) in [6.07, 6.45) is 11.1. The highest BCUT2D eigenvalue weighted by Gasteiger charge is 2.26. The summed E-state index contributed by atoms with van der Waals surface area (Å²) in [7, 11) is 0. The number of hydrogen-bond donors (Lipinski definition) is 0. The standard InChI is InChI=1S/C43H50O4/c1-6-36-39-20-18-33(25-40(39)29(4)23-34-14-10-11-15-38(34)43(36)46)22-28(3)37-21-19-35(27-42(37)47-7-2)41(45)26-32-13-9-8-12-31(16-17-32)24-30(5)44/h6,10-11,14-15,18-21,25,27,29,31-32H,3,7-9,12-13,16-17,22-24,26H2,1-2,4-5H3. The Morgan fingerprint density at radius 1 is 0.915 bits per heavy atom.